The van der Waals surface area contributed by atoms with Gasteiger partial charge in [-0.3, -0.25) is 0 Å². The summed E-state index contributed by atoms with van der Waals surface area (Å²) >= 11 is 1.82. The predicted molar refractivity (Wildman–Crippen MR) is 81.0 cm³/mol. The number of esters is 1. The third-order valence-electron chi connectivity index (χ3n) is 3.36. The summed E-state index contributed by atoms with van der Waals surface area (Å²) in [5.41, 5.74) is 8.06. The Balaban J connectivity index is 1.63. The topological polar surface area (TPSA) is 52.3 Å². The van der Waals surface area contributed by atoms with E-state index in [4.69, 9.17) is 10.5 Å². The van der Waals surface area contributed by atoms with Gasteiger partial charge in [0.15, 0.2) is 0 Å². The zero-order chi connectivity index (χ0) is 13.9. The number of nitrogen functional groups attached to an aromatic ring is 1. The van der Waals surface area contributed by atoms with Crippen molar-refractivity contribution in [2.24, 2.45) is 0 Å². The van der Waals surface area contributed by atoms with Crippen LogP contribution in [0.5, 0.6) is 0 Å². The highest BCUT2D eigenvalue weighted by atomic mass is 32.2. The summed E-state index contributed by atoms with van der Waals surface area (Å²) in [5.74, 6) is 0.960. The van der Waals surface area contributed by atoms with Gasteiger partial charge in [-0.2, -0.15) is 0 Å². The molecule has 1 aliphatic heterocycles. The quantitative estimate of drug-likeness (QED) is 0.694. The van der Waals surface area contributed by atoms with Crippen molar-refractivity contribution in [1.82, 2.24) is 0 Å². The van der Waals surface area contributed by atoms with Gasteiger partial charge in [-0.15, -0.1) is 11.8 Å². The van der Waals surface area contributed by atoms with Crippen LogP contribution >= 0.6 is 11.8 Å². The second-order valence-corrected chi connectivity index (χ2v) is 5.83. The highest BCUT2D eigenvalue weighted by Gasteiger charge is 2.24. The zero-order valence-electron chi connectivity index (χ0n) is 10.9. The number of thioether (sulfide) groups is 1. The summed E-state index contributed by atoms with van der Waals surface area (Å²) in [6, 6.07) is 15.1. The molecule has 3 nitrogen and oxygen atoms in total. The second kappa shape index (κ2) is 5.59. The Bertz CT molecular complexity index is 625. The fraction of sp³-hybridized carbons (Fsp3) is 0.188. The van der Waals surface area contributed by atoms with Crippen LogP contribution in [0.4, 0.5) is 5.69 Å². The maximum absolute atomic E-state index is 12.0. The molecule has 1 unspecified atom stereocenters. The van der Waals surface area contributed by atoms with Gasteiger partial charge in [-0.05, 0) is 35.9 Å². The molecule has 0 radical (unpaired) electrons. The Kier molecular flexibility index (Phi) is 3.65. The monoisotopic (exact) mass is 285 g/mol. The van der Waals surface area contributed by atoms with Crippen LogP contribution in [0.3, 0.4) is 0 Å². The van der Waals surface area contributed by atoms with Gasteiger partial charge in [0.1, 0.15) is 0 Å². The number of ether oxygens (including phenoxy) is 1. The summed E-state index contributed by atoms with van der Waals surface area (Å²) in [7, 11) is 0. The van der Waals surface area contributed by atoms with E-state index in [1.807, 2.05) is 23.9 Å². The lowest BCUT2D eigenvalue weighted by Crippen LogP contribution is -2.13. The molecule has 0 fully saturated rings. The van der Waals surface area contributed by atoms with Crippen LogP contribution in [-0.4, -0.2) is 18.3 Å². The molecular formula is C16H15NO2S. The van der Waals surface area contributed by atoms with Crippen LogP contribution in [0.2, 0.25) is 0 Å². The molecule has 2 aromatic rings. The fourth-order valence-electron chi connectivity index (χ4n) is 2.25. The molecule has 0 aromatic heterocycles. The molecule has 20 heavy (non-hydrogen) atoms. The number of benzene rings is 2. The summed E-state index contributed by atoms with van der Waals surface area (Å²) in [6.45, 7) is 0.424. The number of anilines is 1. The number of fused-ring (bicyclic) bond motifs is 1. The summed E-state index contributed by atoms with van der Waals surface area (Å²) in [5, 5.41) is 0. The van der Waals surface area contributed by atoms with Crippen molar-refractivity contribution in [2.75, 3.05) is 18.1 Å². The van der Waals surface area contributed by atoms with Crippen LogP contribution in [-0.2, 0) is 4.74 Å². The number of hydrogen-bond donors (Lipinski definition) is 1. The SMILES string of the molecule is Nc1ccc(C(=O)OCC2CSc3ccccc32)cc1. The van der Waals surface area contributed by atoms with Crippen LogP contribution in [0.25, 0.3) is 0 Å². The minimum Gasteiger partial charge on any atom is -0.461 e. The lowest BCUT2D eigenvalue weighted by molar-refractivity contribution is 0.0487. The maximum Gasteiger partial charge on any atom is 0.338 e. The Morgan fingerprint density at radius 2 is 1.95 bits per heavy atom. The standard InChI is InChI=1S/C16H15NO2S/c17-13-7-5-11(6-8-13)16(18)19-9-12-10-20-15-4-2-1-3-14(12)15/h1-8,12H,9-10,17H2. The number of carbonyl (C=O) groups excluding carboxylic acids is 1. The van der Waals surface area contributed by atoms with Crippen molar-refractivity contribution >= 4 is 23.4 Å². The molecule has 0 aliphatic carbocycles. The van der Waals surface area contributed by atoms with Gasteiger partial charge in [0.25, 0.3) is 0 Å². The molecular weight excluding hydrogens is 270 g/mol. The van der Waals surface area contributed by atoms with Crippen molar-refractivity contribution in [3.8, 4) is 0 Å². The minimum atomic E-state index is -0.292. The first-order valence-corrected chi connectivity index (χ1v) is 7.47. The van der Waals surface area contributed by atoms with Crippen molar-refractivity contribution in [3.63, 3.8) is 0 Å². The molecule has 0 bridgehead atoms. The van der Waals surface area contributed by atoms with Gasteiger partial charge in [0.05, 0.1) is 12.2 Å². The van der Waals surface area contributed by atoms with Gasteiger partial charge in [0.2, 0.25) is 0 Å². The van der Waals surface area contributed by atoms with Crippen LogP contribution in [0.15, 0.2) is 53.4 Å². The van der Waals surface area contributed by atoms with Gasteiger partial charge in [-0.1, -0.05) is 18.2 Å². The van der Waals surface area contributed by atoms with E-state index in [9.17, 15) is 4.79 Å². The number of hydrogen-bond acceptors (Lipinski definition) is 4. The van der Waals surface area contributed by atoms with Crippen LogP contribution in [0, 0.1) is 0 Å². The first-order valence-electron chi connectivity index (χ1n) is 6.48. The lowest BCUT2D eigenvalue weighted by atomic mass is 10.0. The van der Waals surface area contributed by atoms with Gasteiger partial charge in [-0.25, -0.2) is 4.79 Å². The maximum atomic E-state index is 12.0. The predicted octanol–water partition coefficient (Wildman–Crippen LogP) is 3.32. The molecule has 2 N–H and O–H groups in total. The molecule has 1 atom stereocenters. The Morgan fingerprint density at radius 1 is 1.20 bits per heavy atom. The molecule has 1 aliphatic rings. The van der Waals surface area contributed by atoms with E-state index >= 15 is 0 Å². The van der Waals surface area contributed by atoms with Crippen LogP contribution < -0.4 is 5.73 Å². The van der Waals surface area contributed by atoms with E-state index in [2.05, 4.69) is 12.1 Å². The number of carbonyl (C=O) groups is 1. The summed E-state index contributed by atoms with van der Waals surface area (Å²) in [4.78, 5) is 13.2. The molecule has 0 amide bonds. The van der Waals surface area contributed by atoms with E-state index in [1.54, 1.807) is 24.3 Å². The Morgan fingerprint density at radius 3 is 2.75 bits per heavy atom. The van der Waals surface area contributed by atoms with Crippen molar-refractivity contribution in [3.05, 3.63) is 59.7 Å². The summed E-state index contributed by atoms with van der Waals surface area (Å²) < 4.78 is 5.42. The fourth-order valence-corrected chi connectivity index (χ4v) is 3.48. The van der Waals surface area contributed by atoms with Gasteiger partial charge in [0, 0.05) is 22.3 Å². The largest absolute Gasteiger partial charge is 0.461 e. The molecule has 102 valence electrons. The first-order chi connectivity index (χ1) is 9.74. The van der Waals surface area contributed by atoms with E-state index < -0.39 is 0 Å². The minimum absolute atomic E-state index is 0.286. The average molecular weight is 285 g/mol. The van der Waals surface area contributed by atoms with Crippen LogP contribution in [0.1, 0.15) is 21.8 Å². The number of nitrogens with two attached hydrogens (primary N) is 1. The van der Waals surface area contributed by atoms with Gasteiger partial charge >= 0.3 is 5.97 Å². The molecule has 2 aromatic carbocycles. The second-order valence-electron chi connectivity index (χ2n) is 4.77. The highest BCUT2D eigenvalue weighted by Crippen LogP contribution is 2.39. The molecule has 0 saturated carbocycles. The molecule has 0 saturated heterocycles. The average Bonchev–Trinajstić information content (AvgIpc) is 2.89. The van der Waals surface area contributed by atoms with Crippen molar-refractivity contribution in [1.29, 1.82) is 0 Å². The van der Waals surface area contributed by atoms with E-state index in [0.29, 0.717) is 17.9 Å². The number of rotatable bonds is 3. The molecule has 1 heterocycles. The lowest BCUT2D eigenvalue weighted by Gasteiger charge is -2.11. The Hall–Kier alpha value is -1.94. The Labute approximate surface area is 122 Å². The molecule has 4 heteroatoms. The summed E-state index contributed by atoms with van der Waals surface area (Å²) in [6.07, 6.45) is 0. The van der Waals surface area contributed by atoms with Crippen molar-refractivity contribution < 1.29 is 9.53 Å². The van der Waals surface area contributed by atoms with Gasteiger partial charge < -0.3 is 10.5 Å². The molecule has 3 rings (SSSR count). The highest BCUT2D eigenvalue weighted by molar-refractivity contribution is 7.99. The van der Waals surface area contributed by atoms with E-state index in [-0.39, 0.29) is 11.9 Å². The normalized spacial score (nSPS) is 16.7. The van der Waals surface area contributed by atoms with E-state index in [0.717, 1.165) is 5.75 Å². The smallest absolute Gasteiger partial charge is 0.338 e. The zero-order valence-corrected chi connectivity index (χ0v) is 11.7. The molecule has 0 spiro atoms. The third kappa shape index (κ3) is 2.65. The van der Waals surface area contributed by atoms with E-state index in [1.165, 1.54) is 10.5 Å². The first kappa shape index (κ1) is 13.1. The van der Waals surface area contributed by atoms with Crippen molar-refractivity contribution in [2.45, 2.75) is 10.8 Å². The third-order valence-corrected chi connectivity index (χ3v) is 4.61.